The van der Waals surface area contributed by atoms with Gasteiger partial charge in [-0.2, -0.15) is 5.10 Å². The summed E-state index contributed by atoms with van der Waals surface area (Å²) in [5.74, 6) is -0.636. The Labute approximate surface area is 155 Å². The van der Waals surface area contributed by atoms with Crippen molar-refractivity contribution in [1.29, 1.82) is 0 Å². The van der Waals surface area contributed by atoms with Gasteiger partial charge in [0.15, 0.2) is 5.65 Å². The summed E-state index contributed by atoms with van der Waals surface area (Å²) in [6, 6.07) is 17.1. The molecule has 0 saturated carbocycles. The topological polar surface area (TPSA) is 59.8 Å². The van der Waals surface area contributed by atoms with Gasteiger partial charge in [0.1, 0.15) is 5.82 Å². The molecular formula is C21H17FN4O. The van der Waals surface area contributed by atoms with Gasteiger partial charge in [0.25, 0.3) is 5.91 Å². The molecule has 0 aliphatic rings. The summed E-state index contributed by atoms with van der Waals surface area (Å²) in [6.45, 7) is 3.69. The lowest BCUT2D eigenvalue weighted by Gasteiger charge is -2.08. The van der Waals surface area contributed by atoms with Crippen LogP contribution in [0, 0.1) is 19.7 Å². The van der Waals surface area contributed by atoms with Gasteiger partial charge >= 0.3 is 0 Å². The molecule has 0 atom stereocenters. The first-order valence-corrected chi connectivity index (χ1v) is 8.52. The minimum Gasteiger partial charge on any atom is -0.322 e. The SMILES string of the molecule is Cc1cc(C(=O)Nc2ccc(F)cc2)c2c(C)nn(-c3ccccc3)c2n1. The standard InChI is InChI=1S/C21H17FN4O/c1-13-12-18(21(27)24-16-10-8-15(22)9-11-16)19-14(2)25-26(20(19)23-13)17-6-4-3-5-7-17/h3-12H,1-2H3,(H,24,27). The van der Waals surface area contributed by atoms with Gasteiger partial charge in [-0.15, -0.1) is 0 Å². The van der Waals surface area contributed by atoms with Crippen LogP contribution in [0.1, 0.15) is 21.7 Å². The minimum atomic E-state index is -0.352. The highest BCUT2D eigenvalue weighted by Crippen LogP contribution is 2.25. The Kier molecular flexibility index (Phi) is 4.16. The minimum absolute atomic E-state index is 0.284. The quantitative estimate of drug-likeness (QED) is 0.588. The second kappa shape index (κ2) is 6.64. The van der Waals surface area contributed by atoms with Crippen molar-refractivity contribution in [2.45, 2.75) is 13.8 Å². The van der Waals surface area contributed by atoms with Crippen LogP contribution in [0.15, 0.2) is 60.7 Å². The van der Waals surface area contributed by atoms with Crippen LogP contribution in [0.5, 0.6) is 0 Å². The number of carbonyl (C=O) groups is 1. The van der Waals surface area contributed by atoms with Crippen molar-refractivity contribution in [3.8, 4) is 5.69 Å². The third-order valence-electron chi connectivity index (χ3n) is 4.29. The third kappa shape index (κ3) is 3.17. The summed E-state index contributed by atoms with van der Waals surface area (Å²) < 4.78 is 14.8. The molecule has 0 fully saturated rings. The fourth-order valence-corrected chi connectivity index (χ4v) is 3.07. The van der Waals surface area contributed by atoms with Crippen LogP contribution >= 0.6 is 0 Å². The molecule has 4 aromatic rings. The van der Waals surface area contributed by atoms with E-state index in [2.05, 4.69) is 15.4 Å². The van der Waals surface area contributed by atoms with E-state index in [1.54, 1.807) is 10.7 Å². The van der Waals surface area contributed by atoms with E-state index >= 15 is 0 Å². The number of hydrogen-bond donors (Lipinski definition) is 1. The van der Waals surface area contributed by atoms with Crippen LogP contribution in [0.25, 0.3) is 16.7 Å². The monoisotopic (exact) mass is 360 g/mol. The summed E-state index contributed by atoms with van der Waals surface area (Å²) in [5, 5.41) is 8.10. The summed E-state index contributed by atoms with van der Waals surface area (Å²) in [7, 11) is 0. The Bertz CT molecular complexity index is 1130. The highest BCUT2D eigenvalue weighted by Gasteiger charge is 2.19. The van der Waals surface area contributed by atoms with E-state index in [1.807, 2.05) is 44.2 Å². The smallest absolute Gasteiger partial charge is 0.256 e. The molecule has 0 unspecified atom stereocenters. The number of pyridine rings is 1. The number of carbonyl (C=O) groups excluding carboxylic acids is 1. The maximum atomic E-state index is 13.1. The lowest BCUT2D eigenvalue weighted by molar-refractivity contribution is 0.102. The molecule has 2 heterocycles. The predicted molar refractivity (Wildman–Crippen MR) is 103 cm³/mol. The largest absolute Gasteiger partial charge is 0.322 e. The van der Waals surface area contributed by atoms with E-state index < -0.39 is 0 Å². The Morgan fingerprint density at radius 2 is 1.74 bits per heavy atom. The van der Waals surface area contributed by atoms with Gasteiger partial charge in [-0.25, -0.2) is 14.1 Å². The Morgan fingerprint density at radius 1 is 1.04 bits per heavy atom. The molecule has 134 valence electrons. The number of nitrogens with zero attached hydrogens (tertiary/aromatic N) is 3. The number of aryl methyl sites for hydroxylation is 2. The summed E-state index contributed by atoms with van der Waals surface area (Å²) in [4.78, 5) is 17.5. The van der Waals surface area contributed by atoms with Crippen molar-refractivity contribution in [2.24, 2.45) is 0 Å². The lowest BCUT2D eigenvalue weighted by atomic mass is 10.1. The second-order valence-corrected chi connectivity index (χ2v) is 6.30. The second-order valence-electron chi connectivity index (χ2n) is 6.30. The van der Waals surface area contributed by atoms with E-state index in [0.717, 1.165) is 5.69 Å². The summed E-state index contributed by atoms with van der Waals surface area (Å²) >= 11 is 0. The van der Waals surface area contributed by atoms with Crippen molar-refractivity contribution in [3.05, 3.63) is 83.4 Å². The number of hydrogen-bond acceptors (Lipinski definition) is 3. The molecule has 5 nitrogen and oxygen atoms in total. The molecule has 0 saturated heterocycles. The number of rotatable bonds is 3. The first-order valence-electron chi connectivity index (χ1n) is 8.52. The molecule has 4 rings (SSSR count). The number of aromatic nitrogens is 3. The number of amides is 1. The number of halogens is 1. The lowest BCUT2D eigenvalue weighted by Crippen LogP contribution is -2.13. The normalized spacial score (nSPS) is 10.9. The molecule has 1 amide bonds. The van der Waals surface area contributed by atoms with Crippen LogP contribution < -0.4 is 5.32 Å². The van der Waals surface area contributed by atoms with E-state index in [0.29, 0.717) is 33.7 Å². The first-order chi connectivity index (χ1) is 13.0. The Morgan fingerprint density at radius 3 is 2.44 bits per heavy atom. The van der Waals surface area contributed by atoms with Crippen LogP contribution in [0.2, 0.25) is 0 Å². The highest BCUT2D eigenvalue weighted by atomic mass is 19.1. The molecular weight excluding hydrogens is 343 g/mol. The molecule has 0 radical (unpaired) electrons. The Balaban J connectivity index is 1.82. The fourth-order valence-electron chi connectivity index (χ4n) is 3.07. The van der Waals surface area contributed by atoms with Gasteiger partial charge < -0.3 is 5.32 Å². The van der Waals surface area contributed by atoms with Crippen molar-refractivity contribution in [1.82, 2.24) is 14.8 Å². The van der Waals surface area contributed by atoms with Crippen LogP contribution in [-0.4, -0.2) is 20.7 Å². The maximum Gasteiger partial charge on any atom is 0.256 e. The fraction of sp³-hybridized carbons (Fsp3) is 0.0952. The number of nitrogens with one attached hydrogen (secondary N) is 1. The van der Waals surface area contributed by atoms with Crippen LogP contribution in [-0.2, 0) is 0 Å². The van der Waals surface area contributed by atoms with Crippen molar-refractivity contribution < 1.29 is 9.18 Å². The number of anilines is 1. The molecule has 1 N–H and O–H groups in total. The molecule has 2 aromatic heterocycles. The van der Waals surface area contributed by atoms with Gasteiger partial charge in [-0.3, -0.25) is 4.79 Å². The molecule has 0 bridgehead atoms. The number of fused-ring (bicyclic) bond motifs is 1. The molecule has 0 aliphatic heterocycles. The van der Waals surface area contributed by atoms with E-state index in [1.165, 1.54) is 24.3 Å². The van der Waals surface area contributed by atoms with Gasteiger partial charge in [0.05, 0.1) is 22.3 Å². The molecule has 0 spiro atoms. The van der Waals surface area contributed by atoms with Crippen LogP contribution in [0.4, 0.5) is 10.1 Å². The zero-order valence-corrected chi connectivity index (χ0v) is 14.9. The Hall–Kier alpha value is -3.54. The van der Waals surface area contributed by atoms with Gasteiger partial charge in [-0.1, -0.05) is 18.2 Å². The number of para-hydroxylation sites is 1. The summed E-state index contributed by atoms with van der Waals surface area (Å²) in [6.07, 6.45) is 0. The molecule has 6 heteroatoms. The van der Waals surface area contributed by atoms with E-state index in [-0.39, 0.29) is 11.7 Å². The van der Waals surface area contributed by atoms with Gasteiger partial charge in [0, 0.05) is 11.4 Å². The summed E-state index contributed by atoms with van der Waals surface area (Å²) in [5.41, 5.74) is 3.94. The third-order valence-corrected chi connectivity index (χ3v) is 4.29. The highest BCUT2D eigenvalue weighted by molar-refractivity contribution is 6.12. The van der Waals surface area contributed by atoms with Gasteiger partial charge in [-0.05, 0) is 56.3 Å². The van der Waals surface area contributed by atoms with Gasteiger partial charge in [0.2, 0.25) is 0 Å². The molecule has 2 aromatic carbocycles. The number of benzene rings is 2. The van der Waals surface area contributed by atoms with E-state index in [9.17, 15) is 9.18 Å². The van der Waals surface area contributed by atoms with Crippen molar-refractivity contribution >= 4 is 22.6 Å². The van der Waals surface area contributed by atoms with Crippen LogP contribution in [0.3, 0.4) is 0 Å². The average molecular weight is 360 g/mol. The maximum absolute atomic E-state index is 13.1. The van der Waals surface area contributed by atoms with Crippen molar-refractivity contribution in [2.75, 3.05) is 5.32 Å². The van der Waals surface area contributed by atoms with E-state index in [4.69, 9.17) is 0 Å². The average Bonchev–Trinajstić information content (AvgIpc) is 3.00. The molecule has 27 heavy (non-hydrogen) atoms. The zero-order chi connectivity index (χ0) is 19.0. The first kappa shape index (κ1) is 16.9. The molecule has 0 aliphatic carbocycles. The van der Waals surface area contributed by atoms with Crippen molar-refractivity contribution in [3.63, 3.8) is 0 Å². The predicted octanol–water partition coefficient (Wildman–Crippen LogP) is 4.43. The zero-order valence-electron chi connectivity index (χ0n) is 14.9.